The van der Waals surface area contributed by atoms with Crippen LogP contribution in [0.5, 0.6) is 0 Å². The summed E-state index contributed by atoms with van der Waals surface area (Å²) in [6.07, 6.45) is 9.42. The van der Waals surface area contributed by atoms with Crippen molar-refractivity contribution in [1.82, 2.24) is 4.98 Å². The van der Waals surface area contributed by atoms with Gasteiger partial charge in [0.1, 0.15) is 5.03 Å². The number of nitrogens with zero attached hydrogens (tertiary/aromatic N) is 1. The number of hydrogen-bond acceptors (Lipinski definition) is 5. The maximum absolute atomic E-state index is 13.3. The van der Waals surface area contributed by atoms with Crippen molar-refractivity contribution >= 4 is 23.3 Å². The molecular weight excluding hydrogens is 418 g/mol. The van der Waals surface area contributed by atoms with Gasteiger partial charge in [0.15, 0.2) is 11.5 Å². The van der Waals surface area contributed by atoms with Gasteiger partial charge in [0.2, 0.25) is 5.78 Å². The van der Waals surface area contributed by atoms with Crippen LogP contribution in [0, 0.1) is 16.7 Å². The molecule has 1 aromatic heterocycles. The average molecular weight is 452 g/mol. The molecule has 3 aliphatic carbocycles. The second kappa shape index (κ2) is 8.66. The summed E-state index contributed by atoms with van der Waals surface area (Å²) in [4.78, 5) is 31.4. The van der Waals surface area contributed by atoms with Crippen LogP contribution in [-0.4, -0.2) is 23.7 Å². The highest BCUT2D eigenvalue weighted by Gasteiger charge is 2.46. The molecule has 0 fully saturated rings. The molecule has 0 unspecified atom stereocenters. The zero-order chi connectivity index (χ0) is 23.1. The Balaban J connectivity index is 1.80. The van der Waals surface area contributed by atoms with Gasteiger partial charge in [-0.2, -0.15) is 0 Å². The predicted molar refractivity (Wildman–Crippen MR) is 128 cm³/mol. The number of allylic oxidation sites excluding steroid dienone is 5. The van der Waals surface area contributed by atoms with Crippen molar-refractivity contribution in [2.75, 3.05) is 7.11 Å². The maximum atomic E-state index is 13.3. The standard InChI is InChI=1S/C27H33NO3S/c1-17-11-12-19-20(9-8-13-26(19,2)3)27(17,4)16-18-21(29)15-22(31-5)24(30)25(18)32-23-10-6-7-14-28-23/h6-7,10,14-15,17H,8-9,11-13,16H2,1-5H3/t17-,27+/m1/s1. The Kier molecular flexibility index (Phi) is 6.23. The Morgan fingerprint density at radius 3 is 2.62 bits per heavy atom. The third-order valence-electron chi connectivity index (χ3n) is 7.89. The minimum atomic E-state index is -0.219. The molecule has 0 aliphatic heterocycles. The lowest BCUT2D eigenvalue weighted by atomic mass is 9.55. The van der Waals surface area contributed by atoms with Gasteiger partial charge in [0.25, 0.3) is 0 Å². The monoisotopic (exact) mass is 451 g/mol. The van der Waals surface area contributed by atoms with E-state index in [0.717, 1.165) is 19.3 Å². The molecule has 1 aromatic rings. The fourth-order valence-electron chi connectivity index (χ4n) is 5.73. The first kappa shape index (κ1) is 23.0. The number of thioether (sulfide) groups is 1. The van der Waals surface area contributed by atoms with Crippen LogP contribution in [0.15, 0.2) is 62.9 Å². The summed E-state index contributed by atoms with van der Waals surface area (Å²) in [6.45, 7) is 9.35. The van der Waals surface area contributed by atoms with E-state index in [4.69, 9.17) is 4.74 Å². The van der Waals surface area contributed by atoms with E-state index in [1.165, 1.54) is 43.4 Å². The van der Waals surface area contributed by atoms with Gasteiger partial charge >= 0.3 is 0 Å². The van der Waals surface area contributed by atoms with Crippen LogP contribution in [0.2, 0.25) is 0 Å². The van der Waals surface area contributed by atoms with E-state index >= 15 is 0 Å². The Morgan fingerprint density at radius 1 is 1.16 bits per heavy atom. The van der Waals surface area contributed by atoms with Crippen LogP contribution in [-0.2, 0) is 14.3 Å². The molecule has 0 N–H and O–H groups in total. The third kappa shape index (κ3) is 4.00. The zero-order valence-electron chi connectivity index (χ0n) is 19.8. The van der Waals surface area contributed by atoms with Crippen LogP contribution in [0.1, 0.15) is 66.2 Å². The lowest BCUT2D eigenvalue weighted by Gasteiger charge is -2.50. The number of carbonyl (C=O) groups excluding carboxylic acids is 2. The number of ether oxygens (including phenoxy) is 1. The van der Waals surface area contributed by atoms with E-state index in [-0.39, 0.29) is 28.2 Å². The SMILES string of the molecule is COC1=CC(=O)C(C[C@]2(C)C3=C(CC[C@H]2C)C(C)(C)CCC3)=C(Sc2ccccn2)C1=O. The quantitative estimate of drug-likeness (QED) is 0.381. The van der Waals surface area contributed by atoms with Gasteiger partial charge in [-0.15, -0.1) is 0 Å². The summed E-state index contributed by atoms with van der Waals surface area (Å²) in [7, 11) is 1.44. The highest BCUT2D eigenvalue weighted by atomic mass is 32.2. The van der Waals surface area contributed by atoms with Gasteiger partial charge in [0, 0.05) is 17.8 Å². The Morgan fingerprint density at radius 2 is 1.94 bits per heavy atom. The number of hydrogen-bond donors (Lipinski definition) is 0. The number of rotatable bonds is 5. The number of pyridine rings is 1. The van der Waals surface area contributed by atoms with Gasteiger partial charge in [-0.3, -0.25) is 9.59 Å². The van der Waals surface area contributed by atoms with E-state index < -0.39 is 0 Å². The molecule has 0 amide bonds. The molecule has 0 spiro atoms. The summed E-state index contributed by atoms with van der Waals surface area (Å²) in [5.41, 5.74) is 3.81. The van der Waals surface area contributed by atoms with E-state index in [9.17, 15) is 9.59 Å². The van der Waals surface area contributed by atoms with Crippen molar-refractivity contribution in [3.63, 3.8) is 0 Å². The maximum Gasteiger partial charge on any atom is 0.234 e. The molecule has 5 heteroatoms. The molecule has 0 radical (unpaired) electrons. The number of Topliss-reactive ketones (excluding diaryl/α,β-unsaturated/α-hetero) is 1. The minimum Gasteiger partial charge on any atom is -0.492 e. The third-order valence-corrected chi connectivity index (χ3v) is 8.97. The second-order valence-corrected chi connectivity index (χ2v) is 11.2. The van der Waals surface area contributed by atoms with Crippen LogP contribution in [0.3, 0.4) is 0 Å². The lowest BCUT2D eigenvalue weighted by molar-refractivity contribution is -0.117. The highest BCUT2D eigenvalue weighted by Crippen LogP contribution is 2.57. The van der Waals surface area contributed by atoms with E-state index in [2.05, 4.69) is 32.7 Å². The van der Waals surface area contributed by atoms with Gasteiger partial charge in [0.05, 0.1) is 12.0 Å². The van der Waals surface area contributed by atoms with Crippen molar-refractivity contribution in [2.45, 2.75) is 71.2 Å². The Labute approximate surface area is 195 Å². The van der Waals surface area contributed by atoms with Crippen LogP contribution >= 0.6 is 11.8 Å². The normalized spacial score (nSPS) is 27.9. The molecule has 1 heterocycles. The van der Waals surface area contributed by atoms with Crippen molar-refractivity contribution in [1.29, 1.82) is 0 Å². The second-order valence-electron chi connectivity index (χ2n) is 10.2. The topological polar surface area (TPSA) is 56.3 Å². The molecule has 4 nitrogen and oxygen atoms in total. The average Bonchev–Trinajstić information content (AvgIpc) is 2.76. The Bertz CT molecular complexity index is 1030. The number of methoxy groups -OCH3 is 1. The number of ketones is 2. The molecule has 2 atom stereocenters. The zero-order valence-corrected chi connectivity index (χ0v) is 20.6. The van der Waals surface area contributed by atoms with Crippen molar-refractivity contribution < 1.29 is 14.3 Å². The largest absolute Gasteiger partial charge is 0.492 e. The summed E-state index contributed by atoms with van der Waals surface area (Å²) >= 11 is 1.28. The smallest absolute Gasteiger partial charge is 0.234 e. The summed E-state index contributed by atoms with van der Waals surface area (Å²) in [6, 6.07) is 5.60. The molecule has 0 aromatic carbocycles. The summed E-state index contributed by atoms with van der Waals surface area (Å²) in [5.74, 6) is 0.219. The first-order valence-electron chi connectivity index (χ1n) is 11.6. The molecule has 0 bridgehead atoms. The van der Waals surface area contributed by atoms with Gasteiger partial charge < -0.3 is 4.74 Å². The van der Waals surface area contributed by atoms with Crippen molar-refractivity contribution in [3.05, 3.63) is 57.9 Å². The van der Waals surface area contributed by atoms with Crippen molar-refractivity contribution in [3.8, 4) is 0 Å². The molecule has 3 aliphatic rings. The van der Waals surface area contributed by atoms with Crippen LogP contribution in [0.4, 0.5) is 0 Å². The lowest BCUT2D eigenvalue weighted by Crippen LogP contribution is -2.39. The summed E-state index contributed by atoms with van der Waals surface area (Å²) in [5, 5.41) is 0.707. The van der Waals surface area contributed by atoms with Gasteiger partial charge in [-0.05, 0) is 67.4 Å². The number of carbonyl (C=O) groups is 2. The molecule has 4 rings (SSSR count). The number of aromatic nitrogens is 1. The van der Waals surface area contributed by atoms with Gasteiger partial charge in [-0.25, -0.2) is 4.98 Å². The van der Waals surface area contributed by atoms with Crippen LogP contribution < -0.4 is 0 Å². The molecular formula is C27H33NO3S. The van der Waals surface area contributed by atoms with E-state index in [1.807, 2.05) is 18.2 Å². The highest BCUT2D eigenvalue weighted by molar-refractivity contribution is 8.04. The first-order valence-corrected chi connectivity index (χ1v) is 12.4. The molecule has 32 heavy (non-hydrogen) atoms. The summed E-state index contributed by atoms with van der Waals surface area (Å²) < 4.78 is 5.25. The fraction of sp³-hybridized carbons (Fsp3) is 0.519. The molecule has 0 saturated carbocycles. The fourth-order valence-corrected chi connectivity index (χ4v) is 6.69. The molecule has 170 valence electrons. The van der Waals surface area contributed by atoms with E-state index in [1.54, 1.807) is 11.8 Å². The predicted octanol–water partition coefficient (Wildman–Crippen LogP) is 6.44. The van der Waals surface area contributed by atoms with E-state index in [0.29, 0.717) is 27.8 Å². The van der Waals surface area contributed by atoms with Gasteiger partial charge in [-0.1, -0.05) is 56.7 Å². The first-order chi connectivity index (χ1) is 15.2. The van der Waals surface area contributed by atoms with Crippen LogP contribution in [0.25, 0.3) is 0 Å². The Hall–Kier alpha value is -2.14. The minimum absolute atomic E-state index is 0.109. The van der Waals surface area contributed by atoms with Crippen molar-refractivity contribution in [2.24, 2.45) is 16.7 Å². The molecule has 0 saturated heterocycles.